The second kappa shape index (κ2) is 4.77. The van der Waals surface area contributed by atoms with E-state index in [0.717, 1.165) is 11.3 Å². The van der Waals surface area contributed by atoms with Crippen molar-refractivity contribution in [1.82, 2.24) is 19.7 Å². The molecule has 2 heterocycles. The Morgan fingerprint density at radius 2 is 2.00 bits per heavy atom. The molecule has 0 aliphatic rings. The Hall–Kier alpha value is -2.69. The molecule has 0 saturated heterocycles. The van der Waals surface area contributed by atoms with Gasteiger partial charge >= 0.3 is 0 Å². The van der Waals surface area contributed by atoms with Crippen LogP contribution in [-0.4, -0.2) is 19.7 Å². The summed E-state index contributed by atoms with van der Waals surface area (Å²) in [7, 11) is 0. The molecule has 0 aliphatic carbocycles. The first-order valence-electron chi connectivity index (χ1n) is 6.34. The van der Waals surface area contributed by atoms with Crippen molar-refractivity contribution >= 4 is 5.69 Å². The van der Waals surface area contributed by atoms with Gasteiger partial charge in [-0.15, -0.1) is 0 Å². The monoisotopic (exact) mass is 265 g/mol. The number of aromatic nitrogens is 4. The van der Waals surface area contributed by atoms with E-state index in [4.69, 9.17) is 5.73 Å². The Kier molecular flexibility index (Phi) is 2.95. The van der Waals surface area contributed by atoms with Crippen LogP contribution >= 0.6 is 0 Å². The van der Waals surface area contributed by atoms with Crippen molar-refractivity contribution < 1.29 is 0 Å². The predicted octanol–water partition coefficient (Wildman–Crippen LogP) is 2.53. The quantitative estimate of drug-likeness (QED) is 0.773. The molecular formula is C15H15N5. The highest BCUT2D eigenvalue weighted by Crippen LogP contribution is 2.24. The van der Waals surface area contributed by atoms with Crippen LogP contribution in [0.5, 0.6) is 0 Å². The largest absolute Gasteiger partial charge is 0.396 e. The average Bonchev–Trinajstić information content (AvgIpc) is 2.81. The van der Waals surface area contributed by atoms with Gasteiger partial charge in [-0.2, -0.15) is 5.10 Å². The van der Waals surface area contributed by atoms with Crippen molar-refractivity contribution in [3.8, 4) is 17.1 Å². The molecule has 3 rings (SSSR count). The van der Waals surface area contributed by atoms with E-state index in [1.54, 1.807) is 23.3 Å². The summed E-state index contributed by atoms with van der Waals surface area (Å²) >= 11 is 0. The average molecular weight is 265 g/mol. The fraction of sp³-hybridized carbons (Fsp3) is 0.133. The fourth-order valence-electron chi connectivity index (χ4n) is 2.19. The van der Waals surface area contributed by atoms with Crippen LogP contribution in [0.25, 0.3) is 17.1 Å². The van der Waals surface area contributed by atoms with Crippen molar-refractivity contribution in [3.63, 3.8) is 0 Å². The molecule has 2 N–H and O–H groups in total. The molecule has 0 aliphatic heterocycles. The summed E-state index contributed by atoms with van der Waals surface area (Å²) in [6.07, 6.45) is 6.72. The molecule has 0 atom stereocenters. The minimum atomic E-state index is 0.588. The molecule has 100 valence electrons. The molecular weight excluding hydrogens is 250 g/mol. The van der Waals surface area contributed by atoms with Crippen LogP contribution in [-0.2, 0) is 0 Å². The summed E-state index contributed by atoms with van der Waals surface area (Å²) < 4.78 is 1.79. The molecule has 5 nitrogen and oxygen atoms in total. The second-order valence-corrected chi connectivity index (χ2v) is 4.76. The lowest BCUT2D eigenvalue weighted by Gasteiger charge is -2.06. The first kappa shape index (κ1) is 12.3. The third-order valence-electron chi connectivity index (χ3n) is 3.15. The molecule has 5 heteroatoms. The van der Waals surface area contributed by atoms with E-state index >= 15 is 0 Å². The Labute approximate surface area is 117 Å². The van der Waals surface area contributed by atoms with Crippen LogP contribution in [0.4, 0.5) is 5.69 Å². The SMILES string of the molecule is Cc1ccc(-n2cc(N)c(-c3cnccn3)n2)c(C)c1. The standard InChI is InChI=1S/C15H15N5/c1-10-3-4-14(11(2)7-10)20-9-12(16)15(19-20)13-8-17-5-6-18-13/h3-9H,16H2,1-2H3. The number of benzene rings is 1. The van der Waals surface area contributed by atoms with Gasteiger partial charge in [-0.05, 0) is 25.5 Å². The molecule has 0 fully saturated rings. The molecule has 3 aromatic rings. The van der Waals surface area contributed by atoms with Crippen LogP contribution in [0, 0.1) is 13.8 Å². The maximum Gasteiger partial charge on any atom is 0.136 e. The van der Waals surface area contributed by atoms with Gasteiger partial charge in [0.25, 0.3) is 0 Å². The van der Waals surface area contributed by atoms with Crippen molar-refractivity contribution in [2.24, 2.45) is 0 Å². The summed E-state index contributed by atoms with van der Waals surface area (Å²) in [5, 5.41) is 4.53. The lowest BCUT2D eigenvalue weighted by Crippen LogP contribution is -1.98. The minimum Gasteiger partial charge on any atom is -0.396 e. The van der Waals surface area contributed by atoms with Crippen LogP contribution < -0.4 is 5.73 Å². The number of anilines is 1. The van der Waals surface area contributed by atoms with E-state index in [9.17, 15) is 0 Å². The Balaban J connectivity index is 2.09. The molecule has 2 aromatic heterocycles. The number of nitrogens with zero attached hydrogens (tertiary/aromatic N) is 4. The zero-order valence-electron chi connectivity index (χ0n) is 11.4. The second-order valence-electron chi connectivity index (χ2n) is 4.76. The summed E-state index contributed by atoms with van der Waals surface area (Å²) in [5.74, 6) is 0. The third-order valence-corrected chi connectivity index (χ3v) is 3.15. The van der Waals surface area contributed by atoms with E-state index in [1.807, 2.05) is 12.3 Å². The summed E-state index contributed by atoms with van der Waals surface area (Å²) in [5.41, 5.74) is 11.3. The molecule has 0 spiro atoms. The Morgan fingerprint density at radius 3 is 2.70 bits per heavy atom. The summed E-state index contributed by atoms with van der Waals surface area (Å²) in [4.78, 5) is 8.28. The van der Waals surface area contributed by atoms with E-state index in [0.29, 0.717) is 17.1 Å². The third kappa shape index (κ3) is 2.14. The normalized spacial score (nSPS) is 10.7. The zero-order chi connectivity index (χ0) is 14.1. The minimum absolute atomic E-state index is 0.588. The Morgan fingerprint density at radius 1 is 1.15 bits per heavy atom. The highest BCUT2D eigenvalue weighted by Gasteiger charge is 2.12. The van der Waals surface area contributed by atoms with Gasteiger partial charge in [0, 0.05) is 12.4 Å². The van der Waals surface area contributed by atoms with E-state index in [1.165, 1.54) is 5.56 Å². The van der Waals surface area contributed by atoms with Crippen molar-refractivity contribution in [2.75, 3.05) is 5.73 Å². The predicted molar refractivity (Wildman–Crippen MR) is 78.5 cm³/mol. The van der Waals surface area contributed by atoms with Crippen LogP contribution in [0.2, 0.25) is 0 Å². The summed E-state index contributed by atoms with van der Waals surface area (Å²) in [6.45, 7) is 4.13. The highest BCUT2D eigenvalue weighted by atomic mass is 15.3. The molecule has 1 aromatic carbocycles. The molecule has 0 radical (unpaired) electrons. The first-order chi connectivity index (χ1) is 9.65. The van der Waals surface area contributed by atoms with Crippen molar-refractivity contribution in [1.29, 1.82) is 0 Å². The van der Waals surface area contributed by atoms with Gasteiger partial charge < -0.3 is 5.73 Å². The van der Waals surface area contributed by atoms with Crippen LogP contribution in [0.3, 0.4) is 0 Å². The lowest BCUT2D eigenvalue weighted by atomic mass is 10.1. The van der Waals surface area contributed by atoms with Gasteiger partial charge in [0.1, 0.15) is 11.4 Å². The van der Waals surface area contributed by atoms with Crippen molar-refractivity contribution in [2.45, 2.75) is 13.8 Å². The molecule has 0 bridgehead atoms. The molecule has 20 heavy (non-hydrogen) atoms. The molecule has 0 unspecified atom stereocenters. The Bertz CT molecular complexity index is 746. The zero-order valence-corrected chi connectivity index (χ0v) is 11.4. The highest BCUT2D eigenvalue weighted by molar-refractivity contribution is 5.69. The van der Waals surface area contributed by atoms with Gasteiger partial charge in [0.15, 0.2) is 0 Å². The maximum absolute atomic E-state index is 6.04. The van der Waals surface area contributed by atoms with Gasteiger partial charge in [-0.25, -0.2) is 4.68 Å². The first-order valence-corrected chi connectivity index (χ1v) is 6.34. The van der Waals surface area contributed by atoms with Crippen molar-refractivity contribution in [3.05, 3.63) is 54.1 Å². The lowest BCUT2D eigenvalue weighted by molar-refractivity contribution is 0.873. The molecule has 0 amide bonds. The number of nitrogen functional groups attached to an aromatic ring is 1. The number of hydrogen-bond acceptors (Lipinski definition) is 4. The van der Waals surface area contributed by atoms with Gasteiger partial charge in [-0.1, -0.05) is 17.7 Å². The van der Waals surface area contributed by atoms with Gasteiger partial charge in [0.2, 0.25) is 0 Å². The smallest absolute Gasteiger partial charge is 0.136 e. The number of aryl methyl sites for hydroxylation is 2. The number of nitrogens with two attached hydrogens (primary N) is 1. The summed E-state index contributed by atoms with van der Waals surface area (Å²) in [6, 6.07) is 6.22. The van der Waals surface area contributed by atoms with E-state index in [-0.39, 0.29) is 0 Å². The fourth-order valence-corrected chi connectivity index (χ4v) is 2.19. The van der Waals surface area contributed by atoms with E-state index in [2.05, 4.69) is 41.0 Å². The maximum atomic E-state index is 6.04. The number of hydrogen-bond donors (Lipinski definition) is 1. The van der Waals surface area contributed by atoms with E-state index < -0.39 is 0 Å². The van der Waals surface area contributed by atoms with Gasteiger partial charge in [0.05, 0.1) is 23.8 Å². The number of rotatable bonds is 2. The molecule has 0 saturated carbocycles. The van der Waals surface area contributed by atoms with Gasteiger partial charge in [-0.3, -0.25) is 9.97 Å². The van der Waals surface area contributed by atoms with Crippen LogP contribution in [0.1, 0.15) is 11.1 Å². The topological polar surface area (TPSA) is 69.6 Å². The van der Waals surface area contributed by atoms with Crippen LogP contribution in [0.15, 0.2) is 43.0 Å².